The predicted molar refractivity (Wildman–Crippen MR) is 83.2 cm³/mol. The lowest BCUT2D eigenvalue weighted by atomic mass is 10.1. The zero-order valence-electron chi connectivity index (χ0n) is 12.8. The largest absolute Gasteiger partial charge is 0.497 e. The van der Waals surface area contributed by atoms with E-state index in [0.717, 1.165) is 10.9 Å². The van der Waals surface area contributed by atoms with Gasteiger partial charge in [-0.1, -0.05) is 0 Å². The second-order valence-electron chi connectivity index (χ2n) is 4.71. The van der Waals surface area contributed by atoms with Crippen molar-refractivity contribution in [3.8, 4) is 5.75 Å². The van der Waals surface area contributed by atoms with Gasteiger partial charge in [-0.15, -0.1) is 0 Å². The molecule has 0 radical (unpaired) electrons. The van der Waals surface area contributed by atoms with Crippen LogP contribution < -0.4 is 15.0 Å². The molecule has 0 atom stereocenters. The zero-order chi connectivity index (χ0) is 15.9. The summed E-state index contributed by atoms with van der Waals surface area (Å²) in [5.74, 6) is 0.307. The van der Waals surface area contributed by atoms with Crippen LogP contribution in [0.2, 0.25) is 0 Å². The fourth-order valence-electron chi connectivity index (χ4n) is 2.20. The number of carbonyl (C=O) groups excluding carboxylic acids is 1. The number of aromatic nitrogens is 1. The number of carbonyl (C=O) groups is 1. The molecule has 1 heterocycles. The number of anilines is 1. The third-order valence-electron chi connectivity index (χ3n) is 3.27. The fourth-order valence-corrected chi connectivity index (χ4v) is 2.20. The van der Waals surface area contributed by atoms with E-state index in [-0.39, 0.29) is 6.61 Å². The van der Waals surface area contributed by atoms with Gasteiger partial charge in [0, 0.05) is 19.2 Å². The smallest absolute Gasteiger partial charge is 0.346 e. The van der Waals surface area contributed by atoms with Crippen LogP contribution in [0.4, 0.5) is 5.69 Å². The quantitative estimate of drug-likeness (QED) is 0.600. The highest BCUT2D eigenvalue weighted by atomic mass is 16.5. The standard InChI is InChI=1S/C16H20N2O4/c1-3-22-16(20)13-10-18-14-6-5-11(21-2)9-12(14)15(13)17-7-4-8-19/h5-6,9-10,19H,3-4,7-8H2,1-2H3,(H,17,18)/p+1. The Labute approximate surface area is 129 Å². The van der Waals surface area contributed by atoms with Crippen molar-refractivity contribution in [3.05, 3.63) is 30.0 Å². The van der Waals surface area contributed by atoms with Crippen LogP contribution in [0.25, 0.3) is 10.9 Å². The van der Waals surface area contributed by atoms with Gasteiger partial charge in [0.15, 0.2) is 6.20 Å². The summed E-state index contributed by atoms with van der Waals surface area (Å²) < 4.78 is 10.4. The van der Waals surface area contributed by atoms with Crippen molar-refractivity contribution in [1.82, 2.24) is 0 Å². The summed E-state index contributed by atoms with van der Waals surface area (Å²) in [7, 11) is 1.60. The molecule has 2 aromatic rings. The number of H-pyrrole nitrogens is 1. The van der Waals surface area contributed by atoms with Gasteiger partial charge in [-0.3, -0.25) is 0 Å². The molecule has 6 nitrogen and oxygen atoms in total. The number of rotatable bonds is 7. The minimum absolute atomic E-state index is 0.0853. The summed E-state index contributed by atoms with van der Waals surface area (Å²) >= 11 is 0. The summed E-state index contributed by atoms with van der Waals surface area (Å²) in [6.45, 7) is 2.72. The molecular weight excluding hydrogens is 284 g/mol. The van der Waals surface area contributed by atoms with Crippen LogP contribution in [-0.4, -0.2) is 37.9 Å². The highest BCUT2D eigenvalue weighted by Gasteiger charge is 2.20. The van der Waals surface area contributed by atoms with Gasteiger partial charge in [0.25, 0.3) is 0 Å². The van der Waals surface area contributed by atoms with E-state index < -0.39 is 5.97 Å². The third kappa shape index (κ3) is 3.46. The summed E-state index contributed by atoms with van der Waals surface area (Å²) in [6.07, 6.45) is 2.22. The maximum atomic E-state index is 12.1. The number of aliphatic hydroxyl groups is 1. The van der Waals surface area contributed by atoms with E-state index in [1.54, 1.807) is 20.2 Å². The van der Waals surface area contributed by atoms with Gasteiger partial charge >= 0.3 is 5.97 Å². The number of ether oxygens (including phenoxy) is 2. The Bertz CT molecular complexity index is 658. The Morgan fingerprint density at radius 3 is 2.91 bits per heavy atom. The van der Waals surface area contributed by atoms with Crippen LogP contribution in [0, 0.1) is 0 Å². The number of nitrogens with one attached hydrogen (secondary N) is 2. The maximum Gasteiger partial charge on any atom is 0.346 e. The van der Waals surface area contributed by atoms with Crippen LogP contribution >= 0.6 is 0 Å². The van der Waals surface area contributed by atoms with E-state index in [9.17, 15) is 4.79 Å². The molecule has 0 saturated carbocycles. The average molecular weight is 305 g/mol. The number of hydrogen-bond donors (Lipinski definition) is 2. The third-order valence-corrected chi connectivity index (χ3v) is 3.27. The molecule has 0 unspecified atom stereocenters. The van der Waals surface area contributed by atoms with Crippen molar-refractivity contribution in [3.63, 3.8) is 0 Å². The topological polar surface area (TPSA) is 81.9 Å². The number of fused-ring (bicyclic) bond motifs is 1. The molecule has 2 rings (SSSR count). The Kier molecular flexibility index (Phi) is 5.55. The van der Waals surface area contributed by atoms with E-state index >= 15 is 0 Å². The lowest BCUT2D eigenvalue weighted by Gasteiger charge is -2.12. The van der Waals surface area contributed by atoms with Gasteiger partial charge < -0.3 is 19.9 Å². The van der Waals surface area contributed by atoms with Gasteiger partial charge in [0.05, 0.1) is 24.8 Å². The number of pyridine rings is 1. The first-order valence-electron chi connectivity index (χ1n) is 7.25. The van der Waals surface area contributed by atoms with Crippen LogP contribution in [0.1, 0.15) is 23.7 Å². The van der Waals surface area contributed by atoms with E-state index in [4.69, 9.17) is 14.6 Å². The highest BCUT2D eigenvalue weighted by Crippen LogP contribution is 2.28. The van der Waals surface area contributed by atoms with Crippen molar-refractivity contribution in [2.24, 2.45) is 0 Å². The van der Waals surface area contributed by atoms with E-state index in [0.29, 0.717) is 36.6 Å². The number of aliphatic hydroxyl groups excluding tert-OH is 1. The molecule has 6 heteroatoms. The first-order chi connectivity index (χ1) is 10.7. The van der Waals surface area contributed by atoms with E-state index in [1.165, 1.54) is 0 Å². The predicted octanol–water partition coefficient (Wildman–Crippen LogP) is 1.63. The first-order valence-corrected chi connectivity index (χ1v) is 7.25. The molecule has 0 amide bonds. The monoisotopic (exact) mass is 305 g/mol. The molecule has 0 aliphatic heterocycles. The molecule has 0 bridgehead atoms. The van der Waals surface area contributed by atoms with Gasteiger partial charge in [-0.25, -0.2) is 9.78 Å². The lowest BCUT2D eigenvalue weighted by molar-refractivity contribution is -0.344. The molecule has 0 aliphatic carbocycles. The van der Waals surface area contributed by atoms with Crippen molar-refractivity contribution < 1.29 is 24.4 Å². The second-order valence-corrected chi connectivity index (χ2v) is 4.71. The molecule has 0 fully saturated rings. The minimum atomic E-state index is -0.394. The van der Waals surface area contributed by atoms with E-state index in [1.807, 2.05) is 18.2 Å². The SMILES string of the molecule is CCOC(=O)c1c[nH+]c2ccc(OC)cc2c1NCCCO. The van der Waals surface area contributed by atoms with E-state index in [2.05, 4.69) is 10.3 Å². The van der Waals surface area contributed by atoms with Gasteiger partial charge in [0.1, 0.15) is 11.3 Å². The number of methoxy groups -OCH3 is 1. The molecule has 3 N–H and O–H groups in total. The molecule has 1 aromatic heterocycles. The Hall–Kier alpha value is -2.34. The summed E-state index contributed by atoms with van der Waals surface area (Å²) in [5, 5.41) is 13.0. The molecular formula is C16H21N2O4+. The number of esters is 1. The second kappa shape index (κ2) is 7.61. The molecule has 1 aromatic carbocycles. The number of benzene rings is 1. The molecule has 0 aliphatic rings. The first kappa shape index (κ1) is 16.0. The van der Waals surface area contributed by atoms with Crippen molar-refractivity contribution in [1.29, 1.82) is 0 Å². The molecule has 22 heavy (non-hydrogen) atoms. The van der Waals surface area contributed by atoms with Gasteiger partial charge in [-0.05, 0) is 25.5 Å². The molecule has 0 saturated heterocycles. The fraction of sp³-hybridized carbons (Fsp3) is 0.375. The van der Waals surface area contributed by atoms with Crippen LogP contribution in [0.15, 0.2) is 24.4 Å². The normalized spacial score (nSPS) is 10.5. The van der Waals surface area contributed by atoms with Crippen LogP contribution in [0.5, 0.6) is 5.75 Å². The van der Waals surface area contributed by atoms with Gasteiger partial charge in [-0.2, -0.15) is 0 Å². The summed E-state index contributed by atoms with van der Waals surface area (Å²) in [4.78, 5) is 15.2. The van der Waals surface area contributed by atoms with Crippen LogP contribution in [0.3, 0.4) is 0 Å². The van der Waals surface area contributed by atoms with Crippen molar-refractivity contribution >= 4 is 22.6 Å². The zero-order valence-corrected chi connectivity index (χ0v) is 12.8. The van der Waals surface area contributed by atoms with Crippen molar-refractivity contribution in [2.45, 2.75) is 13.3 Å². The summed E-state index contributed by atoms with van der Waals surface area (Å²) in [6, 6.07) is 5.59. The number of aromatic amines is 1. The lowest BCUT2D eigenvalue weighted by Crippen LogP contribution is -2.17. The average Bonchev–Trinajstić information content (AvgIpc) is 2.54. The Morgan fingerprint density at radius 1 is 1.41 bits per heavy atom. The molecule has 0 spiro atoms. The van der Waals surface area contributed by atoms with Gasteiger partial charge in [0.2, 0.25) is 5.52 Å². The minimum Gasteiger partial charge on any atom is -0.497 e. The van der Waals surface area contributed by atoms with Crippen LogP contribution in [-0.2, 0) is 4.74 Å². The summed E-state index contributed by atoms with van der Waals surface area (Å²) in [5.41, 5.74) is 1.99. The maximum absolute atomic E-state index is 12.1. The van der Waals surface area contributed by atoms with Crippen molar-refractivity contribution in [2.75, 3.05) is 32.2 Å². The Morgan fingerprint density at radius 2 is 2.23 bits per heavy atom. The Balaban J connectivity index is 2.52. The molecule has 118 valence electrons. The highest BCUT2D eigenvalue weighted by molar-refractivity contribution is 6.04. The number of hydrogen-bond acceptors (Lipinski definition) is 5.